The van der Waals surface area contributed by atoms with E-state index in [0.717, 1.165) is 18.8 Å². The van der Waals surface area contributed by atoms with Crippen LogP contribution < -0.4 is 5.32 Å². The average Bonchev–Trinajstić information content (AvgIpc) is 1.94. The molecule has 0 radical (unpaired) electrons. The van der Waals surface area contributed by atoms with E-state index in [1.165, 1.54) is 6.26 Å². The van der Waals surface area contributed by atoms with E-state index in [1.807, 2.05) is 0 Å². The van der Waals surface area contributed by atoms with E-state index in [1.54, 1.807) is 11.8 Å². The number of hydrogen-bond acceptors (Lipinski definition) is 4. The molecule has 0 aromatic heterocycles. The minimum Gasteiger partial charge on any atom is -0.316 e. The number of hydrogen-bond donors (Lipinski definition) is 1. The van der Waals surface area contributed by atoms with Gasteiger partial charge in [-0.2, -0.15) is 11.8 Å². The minimum atomic E-state index is -2.76. The summed E-state index contributed by atoms with van der Waals surface area (Å²) in [6, 6.07) is 0. The quantitative estimate of drug-likeness (QED) is 0.618. The Morgan fingerprint density at radius 3 is 2.50 bits per heavy atom. The van der Waals surface area contributed by atoms with E-state index in [2.05, 4.69) is 11.6 Å². The van der Waals surface area contributed by atoms with Gasteiger partial charge in [0.1, 0.15) is 9.84 Å². The van der Waals surface area contributed by atoms with Crippen molar-refractivity contribution in [3.05, 3.63) is 0 Å². The van der Waals surface area contributed by atoms with Crippen LogP contribution in [0.25, 0.3) is 0 Å². The van der Waals surface area contributed by atoms with Gasteiger partial charge in [-0.25, -0.2) is 8.42 Å². The Bertz CT molecular complexity index is 190. The molecule has 0 spiro atoms. The number of rotatable bonds is 7. The number of thioether (sulfide) groups is 1. The second-order valence-corrected chi connectivity index (χ2v) is 5.97. The molecule has 0 aliphatic carbocycles. The normalized spacial score (nSPS) is 11.8. The highest BCUT2D eigenvalue weighted by Gasteiger charge is 1.99. The standard InChI is InChI=1S/C7H17NO2S2/c1-11-6-5-8-4-3-7-12(2,9)10/h8H,3-7H2,1-2H3. The average molecular weight is 211 g/mol. The second kappa shape index (κ2) is 6.74. The Hall–Kier alpha value is 0.260. The molecule has 0 fully saturated rings. The monoisotopic (exact) mass is 211 g/mol. The maximum absolute atomic E-state index is 10.7. The summed E-state index contributed by atoms with van der Waals surface area (Å²) >= 11 is 1.78. The molecule has 12 heavy (non-hydrogen) atoms. The Balaban J connectivity index is 3.12. The summed E-state index contributed by atoms with van der Waals surface area (Å²) in [6.45, 7) is 1.76. The lowest BCUT2D eigenvalue weighted by Crippen LogP contribution is -2.20. The van der Waals surface area contributed by atoms with E-state index in [0.29, 0.717) is 12.2 Å². The van der Waals surface area contributed by atoms with Crippen LogP contribution in [-0.4, -0.2) is 45.5 Å². The van der Waals surface area contributed by atoms with Gasteiger partial charge in [0, 0.05) is 18.6 Å². The first kappa shape index (κ1) is 12.3. The van der Waals surface area contributed by atoms with E-state index >= 15 is 0 Å². The molecule has 0 aromatic rings. The van der Waals surface area contributed by atoms with Crippen molar-refractivity contribution in [3.63, 3.8) is 0 Å². The highest BCUT2D eigenvalue weighted by molar-refractivity contribution is 7.98. The van der Waals surface area contributed by atoms with E-state index in [4.69, 9.17) is 0 Å². The molecule has 3 nitrogen and oxygen atoms in total. The Labute approximate surface area is 79.2 Å². The van der Waals surface area contributed by atoms with E-state index in [-0.39, 0.29) is 0 Å². The summed E-state index contributed by atoms with van der Waals surface area (Å²) in [4.78, 5) is 0. The fourth-order valence-corrected chi connectivity index (χ4v) is 1.78. The fourth-order valence-electron chi connectivity index (χ4n) is 0.759. The van der Waals surface area contributed by atoms with Gasteiger partial charge in [-0.1, -0.05) is 0 Å². The largest absolute Gasteiger partial charge is 0.316 e. The van der Waals surface area contributed by atoms with Crippen molar-refractivity contribution < 1.29 is 8.42 Å². The van der Waals surface area contributed by atoms with Crippen molar-refractivity contribution >= 4 is 21.6 Å². The van der Waals surface area contributed by atoms with Crippen LogP contribution in [0.15, 0.2) is 0 Å². The van der Waals surface area contributed by atoms with Gasteiger partial charge in [-0.3, -0.25) is 0 Å². The summed E-state index contributed by atoms with van der Waals surface area (Å²) in [6.07, 6.45) is 4.04. The van der Waals surface area contributed by atoms with Crippen molar-refractivity contribution in [2.75, 3.05) is 37.1 Å². The molecule has 1 N–H and O–H groups in total. The van der Waals surface area contributed by atoms with Gasteiger partial charge in [0.05, 0.1) is 5.75 Å². The first-order valence-electron chi connectivity index (χ1n) is 3.93. The Morgan fingerprint density at radius 1 is 1.33 bits per heavy atom. The smallest absolute Gasteiger partial charge is 0.147 e. The van der Waals surface area contributed by atoms with Crippen molar-refractivity contribution in [1.29, 1.82) is 0 Å². The van der Waals surface area contributed by atoms with Gasteiger partial charge < -0.3 is 5.32 Å². The summed E-state index contributed by atoms with van der Waals surface area (Å²) in [5.74, 6) is 1.37. The van der Waals surface area contributed by atoms with Gasteiger partial charge in [0.15, 0.2) is 0 Å². The molecule has 0 rings (SSSR count). The third-order valence-electron chi connectivity index (χ3n) is 1.35. The second-order valence-electron chi connectivity index (χ2n) is 2.73. The molecule has 74 valence electrons. The molecule has 0 saturated carbocycles. The lowest BCUT2D eigenvalue weighted by atomic mass is 10.5. The van der Waals surface area contributed by atoms with E-state index < -0.39 is 9.84 Å². The van der Waals surface area contributed by atoms with Crippen molar-refractivity contribution in [3.8, 4) is 0 Å². The van der Waals surface area contributed by atoms with Gasteiger partial charge in [-0.05, 0) is 19.2 Å². The molecule has 0 amide bonds. The SMILES string of the molecule is CSCCNCCCS(C)(=O)=O. The first-order valence-corrected chi connectivity index (χ1v) is 7.39. The third-order valence-corrected chi connectivity index (χ3v) is 2.99. The van der Waals surface area contributed by atoms with Crippen LogP contribution in [0.3, 0.4) is 0 Å². The molecular formula is C7H17NO2S2. The minimum absolute atomic E-state index is 0.291. The molecule has 0 unspecified atom stereocenters. The third kappa shape index (κ3) is 10.3. The van der Waals surface area contributed by atoms with Crippen LogP contribution >= 0.6 is 11.8 Å². The van der Waals surface area contributed by atoms with Crippen LogP contribution in [0.5, 0.6) is 0 Å². The number of sulfone groups is 1. The van der Waals surface area contributed by atoms with Gasteiger partial charge in [0.2, 0.25) is 0 Å². The van der Waals surface area contributed by atoms with Crippen LogP contribution in [0, 0.1) is 0 Å². The van der Waals surface area contributed by atoms with Crippen LogP contribution in [0.4, 0.5) is 0 Å². The molecule has 0 heterocycles. The molecule has 0 bridgehead atoms. The van der Waals surface area contributed by atoms with E-state index in [9.17, 15) is 8.42 Å². The molecule has 0 atom stereocenters. The molecule has 0 saturated heterocycles. The van der Waals surface area contributed by atoms with Crippen LogP contribution in [0.2, 0.25) is 0 Å². The molecule has 0 aromatic carbocycles. The van der Waals surface area contributed by atoms with Crippen LogP contribution in [-0.2, 0) is 9.84 Å². The highest BCUT2D eigenvalue weighted by atomic mass is 32.2. The predicted octanol–water partition coefficient (Wildman–Crippen LogP) is 0.374. The maximum atomic E-state index is 10.7. The lowest BCUT2D eigenvalue weighted by Gasteiger charge is -2.01. The zero-order valence-corrected chi connectivity index (χ0v) is 9.30. The molecule has 0 aliphatic heterocycles. The molecular weight excluding hydrogens is 194 g/mol. The fraction of sp³-hybridized carbons (Fsp3) is 1.00. The zero-order valence-electron chi connectivity index (χ0n) is 7.67. The van der Waals surface area contributed by atoms with Gasteiger partial charge >= 0.3 is 0 Å². The van der Waals surface area contributed by atoms with Crippen molar-refractivity contribution in [2.45, 2.75) is 6.42 Å². The van der Waals surface area contributed by atoms with Gasteiger partial charge in [0.25, 0.3) is 0 Å². The zero-order chi connectivity index (χ0) is 9.45. The topological polar surface area (TPSA) is 46.2 Å². The predicted molar refractivity (Wildman–Crippen MR) is 55.6 cm³/mol. The maximum Gasteiger partial charge on any atom is 0.147 e. The summed E-state index contributed by atoms with van der Waals surface area (Å²) in [7, 11) is -2.76. The summed E-state index contributed by atoms with van der Waals surface area (Å²) < 4.78 is 21.4. The summed E-state index contributed by atoms with van der Waals surface area (Å²) in [5, 5.41) is 3.17. The van der Waals surface area contributed by atoms with Crippen molar-refractivity contribution in [1.82, 2.24) is 5.32 Å². The molecule has 5 heteroatoms. The Kier molecular flexibility index (Phi) is 6.89. The molecule has 0 aliphatic rings. The lowest BCUT2D eigenvalue weighted by molar-refractivity contribution is 0.596. The highest BCUT2D eigenvalue weighted by Crippen LogP contribution is 1.89. The van der Waals surface area contributed by atoms with Crippen molar-refractivity contribution in [2.24, 2.45) is 0 Å². The summed E-state index contributed by atoms with van der Waals surface area (Å²) in [5.41, 5.74) is 0. The first-order chi connectivity index (χ1) is 5.56. The van der Waals surface area contributed by atoms with Gasteiger partial charge in [-0.15, -0.1) is 0 Å². The van der Waals surface area contributed by atoms with Crippen LogP contribution in [0.1, 0.15) is 6.42 Å². The number of nitrogens with one attached hydrogen (secondary N) is 1. The Morgan fingerprint density at radius 2 is 2.00 bits per heavy atom.